The van der Waals surface area contributed by atoms with Gasteiger partial charge in [-0.1, -0.05) is 19.3 Å². The molecule has 1 saturated carbocycles. The minimum atomic E-state index is -0.698. The first-order valence-electron chi connectivity index (χ1n) is 14.6. The Morgan fingerprint density at radius 3 is 1.83 bits per heavy atom. The summed E-state index contributed by atoms with van der Waals surface area (Å²) < 4.78 is 14.6. The third kappa shape index (κ3) is 11.1. The molecule has 3 fully saturated rings. The second kappa shape index (κ2) is 17.7. The number of piperazine rings is 2. The Morgan fingerprint density at radius 1 is 0.854 bits per heavy atom. The van der Waals surface area contributed by atoms with Crippen molar-refractivity contribution < 1.29 is 33.1 Å². The van der Waals surface area contributed by atoms with E-state index in [2.05, 4.69) is 31.1 Å². The monoisotopic (exact) mass is 578 g/mol. The molecule has 3 aliphatic rings. The van der Waals surface area contributed by atoms with Gasteiger partial charge in [-0.2, -0.15) is 0 Å². The Labute approximate surface area is 242 Å². The molecule has 1 aliphatic carbocycles. The molecule has 0 bridgehead atoms. The molecular weight excluding hydrogens is 532 g/mol. The van der Waals surface area contributed by atoms with E-state index in [9.17, 15) is 19.2 Å². The second-order valence-corrected chi connectivity index (χ2v) is 10.5. The lowest BCUT2D eigenvalue weighted by molar-refractivity contribution is -0.146. The molecule has 1 aromatic heterocycles. The number of hydrogen-bond donors (Lipinski definition) is 4. The van der Waals surface area contributed by atoms with Crippen LogP contribution in [0.2, 0.25) is 0 Å². The Hall–Kier alpha value is -3.00. The van der Waals surface area contributed by atoms with Gasteiger partial charge in [0.15, 0.2) is 5.76 Å². The topological polar surface area (TPSA) is 154 Å². The quantitative estimate of drug-likeness (QED) is 0.268. The number of carbonyl (C=O) groups is 4. The van der Waals surface area contributed by atoms with Crippen LogP contribution in [0.25, 0.3) is 0 Å². The summed E-state index contributed by atoms with van der Waals surface area (Å²) in [5, 5.41) is 12.1. The molecule has 0 radical (unpaired) electrons. The number of nitrogens with one attached hydrogen (secondary N) is 4. The highest BCUT2D eigenvalue weighted by molar-refractivity contribution is 5.94. The van der Waals surface area contributed by atoms with E-state index < -0.39 is 24.0 Å². The van der Waals surface area contributed by atoms with E-state index in [4.69, 9.17) is 13.9 Å². The lowest BCUT2D eigenvalue weighted by atomic mass is 9.88. The van der Waals surface area contributed by atoms with Crippen molar-refractivity contribution in [2.24, 2.45) is 5.92 Å². The van der Waals surface area contributed by atoms with E-state index in [1.165, 1.54) is 26.9 Å². The first kappa shape index (κ1) is 32.5. The number of esters is 2. The van der Waals surface area contributed by atoms with Gasteiger partial charge in [-0.15, -0.1) is 0 Å². The van der Waals surface area contributed by atoms with Crippen LogP contribution in [0.3, 0.4) is 0 Å². The molecule has 4 rings (SSSR count). The summed E-state index contributed by atoms with van der Waals surface area (Å²) in [5.74, 6) is -0.963. The highest BCUT2D eigenvalue weighted by Gasteiger charge is 2.29. The van der Waals surface area contributed by atoms with E-state index in [0.717, 1.165) is 78.0 Å². The van der Waals surface area contributed by atoms with Crippen molar-refractivity contribution in [2.45, 2.75) is 44.2 Å². The second-order valence-electron chi connectivity index (χ2n) is 10.5. The zero-order chi connectivity index (χ0) is 29.5. The molecule has 2 atom stereocenters. The number of methoxy groups -OCH3 is 2. The van der Waals surface area contributed by atoms with Crippen LogP contribution in [0.15, 0.2) is 22.8 Å². The van der Waals surface area contributed by atoms with E-state index in [0.29, 0.717) is 13.1 Å². The van der Waals surface area contributed by atoms with Crippen LogP contribution in [0.5, 0.6) is 0 Å². The average Bonchev–Trinajstić information content (AvgIpc) is 3.57. The Bertz CT molecular complexity index is 942. The van der Waals surface area contributed by atoms with Gasteiger partial charge < -0.3 is 35.2 Å². The van der Waals surface area contributed by atoms with Gasteiger partial charge in [0, 0.05) is 71.4 Å². The number of amides is 2. The van der Waals surface area contributed by atoms with Gasteiger partial charge in [-0.3, -0.25) is 19.4 Å². The molecule has 2 unspecified atom stereocenters. The van der Waals surface area contributed by atoms with Crippen LogP contribution in [-0.2, 0) is 23.9 Å². The first-order chi connectivity index (χ1) is 19.9. The number of carbonyl (C=O) groups excluding carboxylic acids is 4. The highest BCUT2D eigenvalue weighted by Crippen LogP contribution is 2.23. The van der Waals surface area contributed by atoms with Crippen LogP contribution in [0.4, 0.5) is 0 Å². The van der Waals surface area contributed by atoms with Gasteiger partial charge in [0.2, 0.25) is 5.91 Å². The van der Waals surface area contributed by atoms with Gasteiger partial charge in [-0.05, 0) is 25.0 Å². The van der Waals surface area contributed by atoms with Gasteiger partial charge in [0.1, 0.15) is 12.1 Å². The fourth-order valence-electron chi connectivity index (χ4n) is 5.24. The summed E-state index contributed by atoms with van der Waals surface area (Å²) in [7, 11) is 2.69. The molecule has 0 spiro atoms. The zero-order valence-electron chi connectivity index (χ0n) is 24.3. The summed E-state index contributed by atoms with van der Waals surface area (Å²) in [6.07, 6.45) is 6.72. The predicted octanol–water partition coefficient (Wildman–Crippen LogP) is -0.414. The smallest absolute Gasteiger partial charge is 0.329 e. The summed E-state index contributed by atoms with van der Waals surface area (Å²) in [6, 6.07) is 1.92. The molecule has 0 aromatic carbocycles. The normalized spacial score (nSPS) is 20.0. The van der Waals surface area contributed by atoms with E-state index in [1.807, 2.05) is 0 Å². The summed E-state index contributed by atoms with van der Waals surface area (Å²) >= 11 is 0. The van der Waals surface area contributed by atoms with Gasteiger partial charge >= 0.3 is 11.9 Å². The molecule has 13 nitrogen and oxygen atoms in total. The van der Waals surface area contributed by atoms with Crippen molar-refractivity contribution in [1.29, 1.82) is 0 Å². The average molecular weight is 579 g/mol. The van der Waals surface area contributed by atoms with Crippen molar-refractivity contribution >= 4 is 23.8 Å². The number of ether oxygens (including phenoxy) is 2. The number of nitrogens with zero attached hydrogens (tertiary/aromatic N) is 2. The fraction of sp³-hybridized carbons (Fsp3) is 0.714. The molecule has 2 saturated heterocycles. The van der Waals surface area contributed by atoms with Crippen molar-refractivity contribution in [1.82, 2.24) is 31.1 Å². The van der Waals surface area contributed by atoms with Crippen LogP contribution in [-0.4, -0.2) is 125 Å². The standard InChI is InChI=1S/C15H27N3O3.C13H19N3O4/c1-21-15(20)13(11-18-9-7-16-8-10-18)17-14(19)12-5-3-2-4-6-12;1-19-13(18)10(9-16-6-4-14-5-7-16)15-12(17)11-3-2-8-20-11/h12-13,16H,2-11H2,1H3,(H,17,19);2-3,8,10,14H,4-7,9H2,1H3,(H,15,17). The summed E-state index contributed by atoms with van der Waals surface area (Å²) in [6.45, 7) is 8.02. The number of furan rings is 1. The Balaban J connectivity index is 0.000000226. The van der Waals surface area contributed by atoms with Crippen LogP contribution >= 0.6 is 0 Å². The predicted molar refractivity (Wildman–Crippen MR) is 151 cm³/mol. The van der Waals surface area contributed by atoms with Gasteiger partial charge in [-0.25, -0.2) is 9.59 Å². The molecule has 2 aliphatic heterocycles. The van der Waals surface area contributed by atoms with E-state index in [1.54, 1.807) is 12.1 Å². The maximum Gasteiger partial charge on any atom is 0.329 e. The molecule has 3 heterocycles. The lowest BCUT2D eigenvalue weighted by Gasteiger charge is -2.31. The van der Waals surface area contributed by atoms with Crippen molar-refractivity contribution in [3.8, 4) is 0 Å². The van der Waals surface area contributed by atoms with E-state index >= 15 is 0 Å². The van der Waals surface area contributed by atoms with E-state index in [-0.39, 0.29) is 23.6 Å². The molecule has 41 heavy (non-hydrogen) atoms. The fourth-order valence-corrected chi connectivity index (χ4v) is 5.24. The van der Waals surface area contributed by atoms with Gasteiger partial charge in [0.05, 0.1) is 20.5 Å². The van der Waals surface area contributed by atoms with Crippen molar-refractivity contribution in [3.63, 3.8) is 0 Å². The summed E-state index contributed by atoms with van der Waals surface area (Å²) in [4.78, 5) is 52.3. The maximum absolute atomic E-state index is 12.3. The molecule has 13 heteroatoms. The molecule has 4 N–H and O–H groups in total. The van der Waals surface area contributed by atoms with Gasteiger partial charge in [0.25, 0.3) is 5.91 Å². The Kier molecular flexibility index (Phi) is 14.1. The number of rotatable bonds is 10. The minimum absolute atomic E-state index is 0.0141. The van der Waals surface area contributed by atoms with Crippen LogP contribution in [0.1, 0.15) is 42.7 Å². The molecule has 2 amide bonds. The zero-order valence-corrected chi connectivity index (χ0v) is 24.3. The Morgan fingerprint density at radius 2 is 1.37 bits per heavy atom. The highest BCUT2D eigenvalue weighted by atomic mass is 16.5. The minimum Gasteiger partial charge on any atom is -0.467 e. The molecule has 1 aromatic rings. The lowest BCUT2D eigenvalue weighted by Crippen LogP contribution is -2.54. The maximum atomic E-state index is 12.3. The first-order valence-corrected chi connectivity index (χ1v) is 14.6. The third-order valence-corrected chi connectivity index (χ3v) is 7.61. The third-order valence-electron chi connectivity index (χ3n) is 7.61. The van der Waals surface area contributed by atoms with Crippen molar-refractivity contribution in [2.75, 3.05) is 79.7 Å². The van der Waals surface area contributed by atoms with Crippen LogP contribution in [0, 0.1) is 5.92 Å². The molecule has 230 valence electrons. The SMILES string of the molecule is COC(=O)C(CN1CCNCC1)NC(=O)C1CCCCC1.COC(=O)C(CN1CCNCC1)NC(=O)c1ccco1. The van der Waals surface area contributed by atoms with Crippen molar-refractivity contribution in [3.05, 3.63) is 24.2 Å². The van der Waals surface area contributed by atoms with Crippen LogP contribution < -0.4 is 21.3 Å². The number of hydrogen-bond acceptors (Lipinski definition) is 11. The molecular formula is C28H46N6O7. The summed E-state index contributed by atoms with van der Waals surface area (Å²) in [5.41, 5.74) is 0. The largest absolute Gasteiger partial charge is 0.467 e.